The number of carbonyl (C=O) groups excluding carboxylic acids is 1. The topological polar surface area (TPSA) is 85.2 Å². The number of ether oxygens (including phenoxy) is 1. The van der Waals surface area contributed by atoms with Crippen LogP contribution in [-0.2, 0) is 18.9 Å². The van der Waals surface area contributed by atoms with Gasteiger partial charge in [0.2, 0.25) is 0 Å². The average molecular weight is 340 g/mol. The summed E-state index contributed by atoms with van der Waals surface area (Å²) in [5, 5.41) is 17.1. The lowest BCUT2D eigenvalue weighted by Gasteiger charge is -2.58. The number of aliphatic hydroxyl groups excluding tert-OH is 1. The maximum absolute atomic E-state index is 13.4. The molecule has 22 heavy (non-hydrogen) atoms. The second-order valence-electron chi connectivity index (χ2n) is 6.78. The highest BCUT2D eigenvalue weighted by Gasteiger charge is 2.56. The Morgan fingerprint density at radius 3 is 2.50 bits per heavy atom. The first-order chi connectivity index (χ1) is 10.4. The SMILES string of the molecule is O=C(OCC12CC3CC(C1)C(O)C(C3)C2)C(F)(F)SOOO. The van der Waals surface area contributed by atoms with Gasteiger partial charge in [-0.15, -0.1) is 4.33 Å². The van der Waals surface area contributed by atoms with Gasteiger partial charge < -0.3 is 9.84 Å². The lowest BCUT2D eigenvalue weighted by Crippen LogP contribution is -2.55. The van der Waals surface area contributed by atoms with Crippen LogP contribution in [0.5, 0.6) is 0 Å². The fourth-order valence-electron chi connectivity index (χ4n) is 4.74. The van der Waals surface area contributed by atoms with Crippen LogP contribution in [0.25, 0.3) is 0 Å². The number of esters is 1. The molecule has 4 bridgehead atoms. The molecule has 126 valence electrons. The zero-order chi connectivity index (χ0) is 16.0. The number of hydrogen-bond acceptors (Lipinski definition) is 7. The molecule has 4 saturated carbocycles. The van der Waals surface area contributed by atoms with E-state index in [1.807, 2.05) is 0 Å². The van der Waals surface area contributed by atoms with Gasteiger partial charge in [-0.3, -0.25) is 0 Å². The minimum Gasteiger partial charge on any atom is -0.460 e. The Bertz CT molecular complexity index is 432. The Morgan fingerprint density at radius 2 is 1.91 bits per heavy atom. The predicted molar refractivity (Wildman–Crippen MR) is 70.3 cm³/mol. The van der Waals surface area contributed by atoms with Gasteiger partial charge in [0, 0.05) is 5.41 Å². The molecule has 0 saturated heterocycles. The average Bonchev–Trinajstić information content (AvgIpc) is 2.47. The van der Waals surface area contributed by atoms with E-state index >= 15 is 0 Å². The summed E-state index contributed by atoms with van der Waals surface area (Å²) in [7, 11) is 0. The first-order valence-corrected chi connectivity index (χ1v) is 7.98. The number of halogens is 2. The molecule has 0 aromatic rings. The fourth-order valence-corrected chi connectivity index (χ4v) is 4.98. The van der Waals surface area contributed by atoms with E-state index in [0.717, 1.165) is 19.3 Å². The molecule has 0 aliphatic heterocycles. The molecule has 9 heteroatoms. The van der Waals surface area contributed by atoms with Crippen LogP contribution in [0.4, 0.5) is 8.78 Å². The molecular formula is C13H18F2O6S. The van der Waals surface area contributed by atoms with Crippen molar-refractivity contribution in [2.45, 2.75) is 43.5 Å². The number of alkyl halides is 2. The van der Waals surface area contributed by atoms with Gasteiger partial charge in [0.25, 0.3) is 0 Å². The molecule has 0 aromatic carbocycles. The van der Waals surface area contributed by atoms with Crippen molar-refractivity contribution in [1.29, 1.82) is 0 Å². The molecular weight excluding hydrogens is 322 g/mol. The van der Waals surface area contributed by atoms with E-state index < -0.39 is 23.3 Å². The van der Waals surface area contributed by atoms with Crippen LogP contribution in [0.3, 0.4) is 0 Å². The van der Waals surface area contributed by atoms with E-state index in [1.54, 1.807) is 0 Å². The molecule has 4 rings (SSSR count). The van der Waals surface area contributed by atoms with Crippen molar-refractivity contribution in [1.82, 2.24) is 0 Å². The van der Waals surface area contributed by atoms with E-state index in [-0.39, 0.29) is 30.0 Å². The van der Waals surface area contributed by atoms with Crippen molar-refractivity contribution >= 4 is 18.0 Å². The van der Waals surface area contributed by atoms with Crippen LogP contribution < -0.4 is 0 Å². The summed E-state index contributed by atoms with van der Waals surface area (Å²) in [4.78, 5) is 11.5. The van der Waals surface area contributed by atoms with Crippen molar-refractivity contribution in [3.8, 4) is 0 Å². The smallest absolute Gasteiger partial charge is 0.415 e. The molecule has 4 aliphatic carbocycles. The summed E-state index contributed by atoms with van der Waals surface area (Å²) in [6.45, 7) is -0.0712. The minimum absolute atomic E-state index is 0.0712. The molecule has 4 fully saturated rings. The van der Waals surface area contributed by atoms with Crippen LogP contribution in [-0.4, -0.2) is 34.3 Å². The summed E-state index contributed by atoms with van der Waals surface area (Å²) in [6.07, 6.45) is 3.91. The molecule has 4 aliphatic rings. The third kappa shape index (κ3) is 2.96. The molecule has 0 spiro atoms. The third-order valence-electron chi connectivity index (χ3n) is 5.27. The van der Waals surface area contributed by atoms with Crippen molar-refractivity contribution in [2.75, 3.05) is 6.61 Å². The summed E-state index contributed by atoms with van der Waals surface area (Å²) in [5.74, 6) is -0.858. The highest BCUT2D eigenvalue weighted by atomic mass is 32.2. The molecule has 0 amide bonds. The van der Waals surface area contributed by atoms with E-state index in [0.29, 0.717) is 18.8 Å². The van der Waals surface area contributed by atoms with Crippen molar-refractivity contribution in [3.63, 3.8) is 0 Å². The molecule has 2 N–H and O–H groups in total. The zero-order valence-corrected chi connectivity index (χ0v) is 12.6. The molecule has 2 atom stereocenters. The van der Waals surface area contributed by atoms with Gasteiger partial charge in [0.05, 0.1) is 12.7 Å². The number of carbonyl (C=O) groups is 1. The zero-order valence-electron chi connectivity index (χ0n) is 11.7. The van der Waals surface area contributed by atoms with Crippen LogP contribution >= 0.6 is 12.0 Å². The minimum atomic E-state index is -3.95. The van der Waals surface area contributed by atoms with Crippen molar-refractivity contribution in [2.24, 2.45) is 23.2 Å². The van der Waals surface area contributed by atoms with Gasteiger partial charge in [0.1, 0.15) is 12.0 Å². The Kier molecular flexibility index (Phi) is 4.36. The van der Waals surface area contributed by atoms with Gasteiger partial charge in [-0.05, 0) is 49.9 Å². The summed E-state index contributed by atoms with van der Waals surface area (Å²) in [6, 6.07) is 0. The lowest BCUT2D eigenvalue weighted by atomic mass is 9.49. The van der Waals surface area contributed by atoms with E-state index in [4.69, 9.17) is 9.99 Å². The monoisotopic (exact) mass is 340 g/mol. The Labute approximate surface area is 130 Å². The molecule has 0 aromatic heterocycles. The standard InChI is InChI=1S/C13H18F2O6S/c14-13(15,22-21-20-18)11(17)19-6-12-3-7-1-8(4-12)10(16)9(2-7)5-12/h7-10,16,18H,1-6H2. The first-order valence-electron chi connectivity index (χ1n) is 7.24. The lowest BCUT2D eigenvalue weighted by molar-refractivity contribution is -0.433. The predicted octanol–water partition coefficient (Wildman–Crippen LogP) is 2.38. The Hall–Kier alpha value is -0.480. The van der Waals surface area contributed by atoms with Crippen LogP contribution in [0.15, 0.2) is 0 Å². The summed E-state index contributed by atoms with van der Waals surface area (Å²) in [5.41, 5.74) is -0.291. The summed E-state index contributed by atoms with van der Waals surface area (Å²) < 4.78 is 35.1. The van der Waals surface area contributed by atoms with E-state index in [2.05, 4.69) is 9.37 Å². The quantitative estimate of drug-likeness (QED) is 0.332. The molecule has 6 nitrogen and oxygen atoms in total. The van der Waals surface area contributed by atoms with Gasteiger partial charge in [-0.2, -0.15) is 8.78 Å². The number of rotatable bonds is 6. The normalized spacial score (nSPS) is 40.0. The highest BCUT2D eigenvalue weighted by Crippen LogP contribution is 2.60. The second kappa shape index (κ2) is 5.86. The highest BCUT2D eigenvalue weighted by molar-refractivity contribution is 7.96. The second-order valence-corrected chi connectivity index (χ2v) is 7.59. The van der Waals surface area contributed by atoms with Gasteiger partial charge in [-0.25, -0.2) is 10.1 Å². The first kappa shape index (κ1) is 16.4. The number of aliphatic hydroxyl groups is 1. The molecule has 2 unspecified atom stereocenters. The molecule has 0 heterocycles. The van der Waals surface area contributed by atoms with Crippen molar-refractivity contribution in [3.05, 3.63) is 0 Å². The number of hydrogen-bond donors (Lipinski definition) is 2. The Balaban J connectivity index is 1.59. The Morgan fingerprint density at radius 1 is 1.27 bits per heavy atom. The third-order valence-corrected chi connectivity index (χ3v) is 5.77. The van der Waals surface area contributed by atoms with Crippen LogP contribution in [0.1, 0.15) is 32.1 Å². The fraction of sp³-hybridized carbons (Fsp3) is 0.923. The van der Waals surface area contributed by atoms with Crippen LogP contribution in [0.2, 0.25) is 0 Å². The largest absolute Gasteiger partial charge is 0.460 e. The van der Waals surface area contributed by atoms with Crippen LogP contribution in [0, 0.1) is 23.2 Å². The van der Waals surface area contributed by atoms with E-state index in [9.17, 15) is 18.7 Å². The van der Waals surface area contributed by atoms with Gasteiger partial charge in [0.15, 0.2) is 0 Å². The van der Waals surface area contributed by atoms with Crippen molar-refractivity contribution < 1.29 is 38.0 Å². The van der Waals surface area contributed by atoms with E-state index in [1.165, 1.54) is 0 Å². The summed E-state index contributed by atoms with van der Waals surface area (Å²) >= 11 is -0.616. The maximum Gasteiger partial charge on any atom is 0.415 e. The molecule has 0 radical (unpaired) electrons. The van der Waals surface area contributed by atoms with Gasteiger partial charge >= 0.3 is 11.2 Å². The van der Waals surface area contributed by atoms with Gasteiger partial charge in [-0.1, -0.05) is 5.04 Å². The maximum atomic E-state index is 13.4.